The van der Waals surface area contributed by atoms with Gasteiger partial charge in [0.2, 0.25) is 0 Å². The molecule has 0 amide bonds. The van der Waals surface area contributed by atoms with Gasteiger partial charge in [0.1, 0.15) is 5.82 Å². The molecule has 0 aromatic heterocycles. The van der Waals surface area contributed by atoms with E-state index in [9.17, 15) is 9.18 Å². The lowest BCUT2D eigenvalue weighted by atomic mass is 9.76. The lowest BCUT2D eigenvalue weighted by molar-refractivity contribution is -0.136. The minimum absolute atomic E-state index is 0.152. The van der Waals surface area contributed by atoms with E-state index in [0.29, 0.717) is 18.4 Å². The topological polar surface area (TPSA) is 49.3 Å². The van der Waals surface area contributed by atoms with Crippen molar-refractivity contribution in [2.24, 2.45) is 0 Å². The van der Waals surface area contributed by atoms with Crippen molar-refractivity contribution in [3.63, 3.8) is 0 Å². The summed E-state index contributed by atoms with van der Waals surface area (Å²) in [7, 11) is 0. The molecule has 0 saturated heterocycles. The average Bonchev–Trinajstić information content (AvgIpc) is 2.50. The van der Waals surface area contributed by atoms with Crippen LogP contribution in [0.5, 0.6) is 0 Å². The molecule has 2 aromatic carbocycles. The van der Waals surface area contributed by atoms with Gasteiger partial charge in [-0.05, 0) is 60.6 Å². The Morgan fingerprint density at radius 2 is 1.91 bits per heavy atom. The number of aryl methyl sites for hydroxylation is 1. The van der Waals surface area contributed by atoms with Crippen molar-refractivity contribution in [2.75, 3.05) is 5.32 Å². The number of aliphatic carboxylic acids is 1. The first-order valence-corrected chi connectivity index (χ1v) is 7.93. The van der Waals surface area contributed by atoms with Gasteiger partial charge in [0.25, 0.3) is 0 Å². The van der Waals surface area contributed by atoms with Gasteiger partial charge in [0.15, 0.2) is 0 Å². The quantitative estimate of drug-likeness (QED) is 0.840. The van der Waals surface area contributed by atoms with E-state index in [1.54, 1.807) is 0 Å². The fraction of sp³-hybridized carbons (Fsp3) is 0.316. The van der Waals surface area contributed by atoms with E-state index in [-0.39, 0.29) is 12.2 Å². The molecule has 23 heavy (non-hydrogen) atoms. The van der Waals surface area contributed by atoms with Crippen LogP contribution >= 0.6 is 0 Å². The van der Waals surface area contributed by atoms with E-state index in [1.165, 1.54) is 17.7 Å². The van der Waals surface area contributed by atoms with Crippen LogP contribution in [0.15, 0.2) is 48.5 Å². The van der Waals surface area contributed by atoms with E-state index in [0.717, 1.165) is 24.1 Å². The molecule has 3 nitrogen and oxygen atoms in total. The number of anilines is 1. The zero-order valence-corrected chi connectivity index (χ0v) is 12.8. The highest BCUT2D eigenvalue weighted by Gasteiger charge is 2.30. The number of carboxylic acid groups (broad SMARTS) is 1. The van der Waals surface area contributed by atoms with Gasteiger partial charge in [-0.2, -0.15) is 0 Å². The molecule has 1 aliphatic carbocycles. The molecule has 0 radical (unpaired) electrons. The molecule has 2 aromatic rings. The van der Waals surface area contributed by atoms with Gasteiger partial charge >= 0.3 is 5.97 Å². The summed E-state index contributed by atoms with van der Waals surface area (Å²) in [5.74, 6) is -0.478. The first-order chi connectivity index (χ1) is 11.1. The fourth-order valence-electron chi connectivity index (χ4n) is 3.05. The standard InChI is InChI=1S/C19H20FNO2/c20-16-7-5-14(6-8-16)15-11-18(12-15)21-17-3-1-2-13(10-17)4-9-19(22)23/h1-3,5-8,10,15,18,21H,4,9,11-12H2,(H,22,23). The predicted octanol–water partition coefficient (Wildman–Crippen LogP) is 4.20. The van der Waals surface area contributed by atoms with Crippen LogP contribution in [-0.4, -0.2) is 17.1 Å². The van der Waals surface area contributed by atoms with Crippen molar-refractivity contribution in [2.45, 2.75) is 37.6 Å². The van der Waals surface area contributed by atoms with E-state index >= 15 is 0 Å². The summed E-state index contributed by atoms with van der Waals surface area (Å²) >= 11 is 0. The number of hydrogen-bond acceptors (Lipinski definition) is 2. The molecule has 0 heterocycles. The van der Waals surface area contributed by atoms with E-state index in [4.69, 9.17) is 5.11 Å². The number of carbonyl (C=O) groups is 1. The summed E-state index contributed by atoms with van der Waals surface area (Å²) in [5.41, 5.74) is 3.27. The largest absolute Gasteiger partial charge is 0.481 e. The van der Waals surface area contributed by atoms with Crippen LogP contribution in [0.3, 0.4) is 0 Å². The number of hydrogen-bond donors (Lipinski definition) is 2. The average molecular weight is 313 g/mol. The molecule has 1 aliphatic rings. The zero-order valence-electron chi connectivity index (χ0n) is 12.8. The molecule has 1 fully saturated rings. The normalized spacial score (nSPS) is 19.9. The SMILES string of the molecule is O=C(O)CCc1cccc(NC2CC(c3ccc(F)cc3)C2)c1. The Bertz CT molecular complexity index is 678. The Labute approximate surface area is 135 Å². The lowest BCUT2D eigenvalue weighted by Crippen LogP contribution is -2.34. The van der Waals surface area contributed by atoms with Crippen molar-refractivity contribution in [1.29, 1.82) is 0 Å². The highest BCUT2D eigenvalue weighted by atomic mass is 19.1. The molecule has 1 saturated carbocycles. The fourth-order valence-corrected chi connectivity index (χ4v) is 3.05. The minimum atomic E-state index is -0.774. The predicted molar refractivity (Wildman–Crippen MR) is 88.2 cm³/mol. The molecule has 4 heteroatoms. The van der Waals surface area contributed by atoms with Gasteiger partial charge in [-0.25, -0.2) is 4.39 Å². The van der Waals surface area contributed by atoms with E-state index in [1.807, 2.05) is 36.4 Å². The van der Waals surface area contributed by atoms with Gasteiger partial charge in [0.05, 0.1) is 0 Å². The Hall–Kier alpha value is -2.36. The van der Waals surface area contributed by atoms with Crippen LogP contribution in [0.2, 0.25) is 0 Å². The first kappa shape index (κ1) is 15.5. The summed E-state index contributed by atoms with van der Waals surface area (Å²) in [6.45, 7) is 0. The summed E-state index contributed by atoms with van der Waals surface area (Å²) in [6, 6.07) is 15.1. The second-order valence-corrected chi connectivity index (χ2v) is 6.16. The monoisotopic (exact) mass is 313 g/mol. The van der Waals surface area contributed by atoms with Crippen LogP contribution in [0.4, 0.5) is 10.1 Å². The molecule has 2 N–H and O–H groups in total. The van der Waals surface area contributed by atoms with Crippen molar-refractivity contribution >= 4 is 11.7 Å². The minimum Gasteiger partial charge on any atom is -0.481 e. The molecule has 0 aliphatic heterocycles. The van der Waals surface area contributed by atoms with Crippen LogP contribution in [0.1, 0.15) is 36.3 Å². The number of benzene rings is 2. The van der Waals surface area contributed by atoms with Gasteiger partial charge in [-0.3, -0.25) is 4.79 Å². The number of rotatable bonds is 6. The molecule has 3 rings (SSSR count). The van der Waals surface area contributed by atoms with Gasteiger partial charge in [-0.1, -0.05) is 24.3 Å². The van der Waals surface area contributed by atoms with Gasteiger partial charge in [-0.15, -0.1) is 0 Å². The van der Waals surface area contributed by atoms with Crippen molar-refractivity contribution in [1.82, 2.24) is 0 Å². The van der Waals surface area contributed by atoms with Crippen molar-refractivity contribution < 1.29 is 14.3 Å². The highest BCUT2D eigenvalue weighted by Crippen LogP contribution is 2.38. The lowest BCUT2D eigenvalue weighted by Gasteiger charge is -2.37. The summed E-state index contributed by atoms with van der Waals surface area (Å²) < 4.78 is 12.9. The Morgan fingerprint density at radius 3 is 2.61 bits per heavy atom. The highest BCUT2D eigenvalue weighted by molar-refractivity contribution is 5.67. The Kier molecular flexibility index (Phi) is 4.60. The second-order valence-electron chi connectivity index (χ2n) is 6.16. The molecule has 0 spiro atoms. The molecular weight excluding hydrogens is 293 g/mol. The summed E-state index contributed by atoms with van der Waals surface area (Å²) in [6.07, 6.45) is 2.77. The van der Waals surface area contributed by atoms with Crippen molar-refractivity contribution in [3.05, 3.63) is 65.5 Å². The summed E-state index contributed by atoms with van der Waals surface area (Å²) in [5, 5.41) is 12.2. The number of carboxylic acids is 1. The third kappa shape index (κ3) is 4.09. The van der Waals surface area contributed by atoms with Crippen LogP contribution in [0.25, 0.3) is 0 Å². The molecule has 0 atom stereocenters. The molecule has 0 unspecified atom stereocenters. The van der Waals surface area contributed by atoms with Gasteiger partial charge < -0.3 is 10.4 Å². The maximum Gasteiger partial charge on any atom is 0.303 e. The maximum absolute atomic E-state index is 12.9. The first-order valence-electron chi connectivity index (χ1n) is 7.93. The Morgan fingerprint density at radius 1 is 1.17 bits per heavy atom. The van der Waals surface area contributed by atoms with E-state index in [2.05, 4.69) is 5.32 Å². The van der Waals surface area contributed by atoms with Crippen LogP contribution in [-0.2, 0) is 11.2 Å². The van der Waals surface area contributed by atoms with E-state index < -0.39 is 5.97 Å². The van der Waals surface area contributed by atoms with Crippen LogP contribution in [0, 0.1) is 5.82 Å². The molecule has 120 valence electrons. The third-order valence-corrected chi connectivity index (χ3v) is 4.40. The van der Waals surface area contributed by atoms with Gasteiger partial charge in [0, 0.05) is 18.2 Å². The smallest absolute Gasteiger partial charge is 0.303 e. The van der Waals surface area contributed by atoms with Crippen LogP contribution < -0.4 is 5.32 Å². The zero-order chi connectivity index (χ0) is 16.2. The molecule has 0 bridgehead atoms. The third-order valence-electron chi connectivity index (χ3n) is 4.40. The Balaban J connectivity index is 1.52. The molecular formula is C19H20FNO2. The summed E-state index contributed by atoms with van der Waals surface area (Å²) in [4.78, 5) is 10.6. The maximum atomic E-state index is 12.9. The van der Waals surface area contributed by atoms with Crippen molar-refractivity contribution in [3.8, 4) is 0 Å². The number of nitrogens with one attached hydrogen (secondary N) is 1. The number of halogens is 1. The second kappa shape index (κ2) is 6.82.